The molecule has 0 saturated heterocycles. The van der Waals surface area contributed by atoms with Gasteiger partial charge in [0, 0.05) is 16.9 Å². The number of rotatable bonds is 3. The first-order valence-electron chi connectivity index (χ1n) is 5.67. The van der Waals surface area contributed by atoms with E-state index in [1.165, 1.54) is 11.8 Å². The van der Waals surface area contributed by atoms with Crippen LogP contribution >= 0.6 is 46.6 Å². The van der Waals surface area contributed by atoms with Crippen LogP contribution in [0.25, 0.3) is 0 Å². The van der Waals surface area contributed by atoms with Crippen molar-refractivity contribution < 1.29 is 0 Å². The average Bonchev–Trinajstić information content (AvgIpc) is 2.39. The lowest BCUT2D eigenvalue weighted by Gasteiger charge is -2.08. The summed E-state index contributed by atoms with van der Waals surface area (Å²) in [7, 11) is 0. The fraction of sp³-hybridized carbons (Fsp3) is 0.231. The lowest BCUT2D eigenvalue weighted by atomic mass is 10.3. The predicted octanol–water partition coefficient (Wildman–Crippen LogP) is 5.46. The first-order chi connectivity index (χ1) is 9.01. The zero-order valence-electron chi connectivity index (χ0n) is 10.4. The molecule has 0 spiro atoms. The van der Waals surface area contributed by atoms with Crippen LogP contribution in [0.5, 0.6) is 0 Å². The Labute approximate surface area is 131 Å². The van der Waals surface area contributed by atoms with Gasteiger partial charge in [0.25, 0.3) is 0 Å². The van der Waals surface area contributed by atoms with Crippen molar-refractivity contribution in [1.82, 2.24) is 9.97 Å². The first-order valence-corrected chi connectivity index (χ1v) is 7.62. The minimum absolute atomic E-state index is 0.495. The molecule has 100 valence electrons. The summed E-state index contributed by atoms with van der Waals surface area (Å²) in [5.74, 6) is 0.734. The van der Waals surface area contributed by atoms with Crippen molar-refractivity contribution in [2.24, 2.45) is 0 Å². The highest BCUT2D eigenvalue weighted by atomic mass is 35.5. The molecule has 0 aliphatic carbocycles. The van der Waals surface area contributed by atoms with Crippen LogP contribution in [0.15, 0.2) is 28.1 Å². The topological polar surface area (TPSA) is 25.8 Å². The maximum absolute atomic E-state index is 6.11. The van der Waals surface area contributed by atoms with E-state index in [1.54, 1.807) is 6.07 Å². The molecule has 2 rings (SSSR count). The van der Waals surface area contributed by atoms with Crippen LogP contribution in [0, 0.1) is 6.92 Å². The van der Waals surface area contributed by atoms with E-state index in [9.17, 15) is 0 Å². The third-order valence-electron chi connectivity index (χ3n) is 2.51. The zero-order chi connectivity index (χ0) is 14.0. The molecule has 0 fully saturated rings. The van der Waals surface area contributed by atoms with E-state index >= 15 is 0 Å². The second kappa shape index (κ2) is 6.31. The Balaban J connectivity index is 2.37. The number of halogens is 3. The molecule has 0 N–H and O–H groups in total. The van der Waals surface area contributed by atoms with Gasteiger partial charge in [0.15, 0.2) is 0 Å². The van der Waals surface area contributed by atoms with Crippen molar-refractivity contribution in [3.63, 3.8) is 0 Å². The molecule has 2 aromatic rings. The van der Waals surface area contributed by atoms with Crippen LogP contribution in [0.4, 0.5) is 0 Å². The Kier molecular flexibility index (Phi) is 4.96. The average molecular weight is 334 g/mol. The Morgan fingerprint density at radius 1 is 1.11 bits per heavy atom. The molecule has 0 aliphatic rings. The summed E-state index contributed by atoms with van der Waals surface area (Å²) in [4.78, 5) is 9.68. The van der Waals surface area contributed by atoms with Crippen LogP contribution in [-0.4, -0.2) is 9.97 Å². The van der Waals surface area contributed by atoms with Gasteiger partial charge in [-0.1, -0.05) is 53.5 Å². The van der Waals surface area contributed by atoms with Crippen LogP contribution in [0.2, 0.25) is 15.2 Å². The highest BCUT2D eigenvalue weighted by Gasteiger charge is 2.11. The number of hydrogen-bond acceptors (Lipinski definition) is 3. The highest BCUT2D eigenvalue weighted by molar-refractivity contribution is 7.99. The fourth-order valence-corrected chi connectivity index (χ4v) is 2.96. The monoisotopic (exact) mass is 332 g/mol. The van der Waals surface area contributed by atoms with Gasteiger partial charge in [-0.25, -0.2) is 9.97 Å². The molecule has 1 aromatic heterocycles. The molecule has 6 heteroatoms. The first kappa shape index (κ1) is 14.9. The highest BCUT2D eigenvalue weighted by Crippen LogP contribution is 2.34. The Bertz CT molecular complexity index is 617. The molecular weight excluding hydrogens is 323 g/mol. The normalized spacial score (nSPS) is 10.8. The van der Waals surface area contributed by atoms with Crippen molar-refractivity contribution in [1.29, 1.82) is 0 Å². The second-order valence-electron chi connectivity index (χ2n) is 3.89. The molecule has 0 aliphatic heterocycles. The molecule has 0 saturated carbocycles. The molecule has 2 nitrogen and oxygen atoms in total. The van der Waals surface area contributed by atoms with Gasteiger partial charge in [0.2, 0.25) is 0 Å². The number of aromatic nitrogens is 2. The van der Waals surface area contributed by atoms with E-state index in [-0.39, 0.29) is 0 Å². The zero-order valence-corrected chi connectivity index (χ0v) is 13.5. The van der Waals surface area contributed by atoms with Crippen LogP contribution < -0.4 is 0 Å². The third-order valence-corrected chi connectivity index (χ3v) is 4.70. The summed E-state index contributed by atoms with van der Waals surface area (Å²) in [6, 6.07) is 5.49. The van der Waals surface area contributed by atoms with Gasteiger partial charge in [0.05, 0.1) is 10.0 Å². The van der Waals surface area contributed by atoms with Gasteiger partial charge in [-0.3, -0.25) is 0 Å². The Morgan fingerprint density at radius 3 is 2.47 bits per heavy atom. The Hall–Kier alpha value is -0.480. The third kappa shape index (κ3) is 3.54. The summed E-state index contributed by atoms with van der Waals surface area (Å²) >= 11 is 19.5. The van der Waals surface area contributed by atoms with Crippen molar-refractivity contribution in [3.05, 3.63) is 44.8 Å². The lowest BCUT2D eigenvalue weighted by Crippen LogP contribution is -1.98. The molecule has 0 radical (unpaired) electrons. The molecule has 1 heterocycles. The minimum atomic E-state index is 0.495. The van der Waals surface area contributed by atoms with Gasteiger partial charge < -0.3 is 0 Å². The molecular formula is C13H11Cl3N2S. The van der Waals surface area contributed by atoms with Crippen molar-refractivity contribution in [2.75, 3.05) is 0 Å². The van der Waals surface area contributed by atoms with Gasteiger partial charge in [-0.15, -0.1) is 0 Å². The van der Waals surface area contributed by atoms with Gasteiger partial charge in [-0.2, -0.15) is 0 Å². The van der Waals surface area contributed by atoms with Gasteiger partial charge >= 0.3 is 0 Å². The van der Waals surface area contributed by atoms with Crippen LogP contribution in [0.1, 0.15) is 18.3 Å². The van der Waals surface area contributed by atoms with Gasteiger partial charge in [-0.05, 0) is 25.1 Å². The molecule has 0 bridgehead atoms. The molecule has 0 unspecified atom stereocenters. The SMILES string of the molecule is CCc1nc(Cl)c(C)c(Sc2ccc(Cl)c(Cl)c2)n1. The predicted molar refractivity (Wildman–Crippen MR) is 81.7 cm³/mol. The van der Waals surface area contributed by atoms with E-state index in [0.29, 0.717) is 15.2 Å². The lowest BCUT2D eigenvalue weighted by molar-refractivity contribution is 0.872. The van der Waals surface area contributed by atoms with Gasteiger partial charge in [0.1, 0.15) is 16.0 Å². The molecule has 0 atom stereocenters. The van der Waals surface area contributed by atoms with E-state index < -0.39 is 0 Å². The van der Waals surface area contributed by atoms with E-state index in [4.69, 9.17) is 34.8 Å². The standard InChI is InChI=1S/C13H11Cl3N2S/c1-3-11-17-12(16)7(2)13(18-11)19-8-4-5-9(14)10(15)6-8/h4-6H,3H2,1-2H3. The Morgan fingerprint density at radius 2 is 1.84 bits per heavy atom. The largest absolute Gasteiger partial charge is 0.226 e. The number of nitrogens with zero attached hydrogens (tertiary/aromatic N) is 2. The number of hydrogen-bond donors (Lipinski definition) is 0. The van der Waals surface area contributed by atoms with Crippen molar-refractivity contribution in [3.8, 4) is 0 Å². The quantitative estimate of drug-likeness (QED) is 0.698. The minimum Gasteiger partial charge on any atom is -0.226 e. The fourth-order valence-electron chi connectivity index (χ4n) is 1.42. The summed E-state index contributed by atoms with van der Waals surface area (Å²) in [6.45, 7) is 3.90. The molecule has 0 amide bonds. The summed E-state index contributed by atoms with van der Waals surface area (Å²) in [5, 5.41) is 2.41. The van der Waals surface area contributed by atoms with E-state index in [2.05, 4.69) is 9.97 Å². The molecule has 19 heavy (non-hydrogen) atoms. The summed E-state index contributed by atoms with van der Waals surface area (Å²) < 4.78 is 0. The smallest absolute Gasteiger partial charge is 0.136 e. The summed E-state index contributed by atoms with van der Waals surface area (Å²) in [5.41, 5.74) is 0.870. The summed E-state index contributed by atoms with van der Waals surface area (Å²) in [6.07, 6.45) is 0.745. The van der Waals surface area contributed by atoms with Crippen molar-refractivity contribution in [2.45, 2.75) is 30.2 Å². The van der Waals surface area contributed by atoms with Crippen LogP contribution in [0.3, 0.4) is 0 Å². The number of aryl methyl sites for hydroxylation is 1. The van der Waals surface area contributed by atoms with E-state index in [0.717, 1.165) is 27.7 Å². The second-order valence-corrected chi connectivity index (χ2v) is 6.13. The van der Waals surface area contributed by atoms with Crippen LogP contribution in [-0.2, 0) is 6.42 Å². The van der Waals surface area contributed by atoms with E-state index in [1.807, 2.05) is 26.0 Å². The van der Waals surface area contributed by atoms with Crippen molar-refractivity contribution >= 4 is 46.6 Å². The maximum Gasteiger partial charge on any atom is 0.136 e. The number of benzene rings is 1. The molecule has 1 aromatic carbocycles. The maximum atomic E-state index is 6.11.